The van der Waals surface area contributed by atoms with Gasteiger partial charge in [0.25, 0.3) is 0 Å². The van der Waals surface area contributed by atoms with Crippen LogP contribution in [0.3, 0.4) is 0 Å². The van der Waals surface area contributed by atoms with Gasteiger partial charge in [-0.25, -0.2) is 8.42 Å². The first-order valence-electron chi connectivity index (χ1n) is 5.74. The van der Waals surface area contributed by atoms with Gasteiger partial charge in [-0.2, -0.15) is 0 Å². The predicted molar refractivity (Wildman–Crippen MR) is 62.0 cm³/mol. The summed E-state index contributed by atoms with van der Waals surface area (Å²) < 4.78 is 28.3. The molecule has 2 fully saturated rings. The summed E-state index contributed by atoms with van der Waals surface area (Å²) in [5, 5.41) is 0. The van der Waals surface area contributed by atoms with Gasteiger partial charge in [-0.3, -0.25) is 4.90 Å². The molecule has 2 heterocycles. The number of hydrogen-bond donors (Lipinski definition) is 1. The summed E-state index contributed by atoms with van der Waals surface area (Å²) >= 11 is 0. The normalized spacial score (nSPS) is 36.6. The number of sulfone groups is 1. The van der Waals surface area contributed by atoms with E-state index in [1.165, 1.54) is 0 Å². The number of rotatable bonds is 2. The Kier molecular flexibility index (Phi) is 3.53. The first-order chi connectivity index (χ1) is 7.52. The largest absolute Gasteiger partial charge is 0.381 e. The second-order valence-corrected chi connectivity index (χ2v) is 6.93. The van der Waals surface area contributed by atoms with Crippen molar-refractivity contribution in [1.82, 2.24) is 4.90 Å². The maximum absolute atomic E-state index is 11.5. The molecular formula is C10H20N2O3S. The van der Waals surface area contributed by atoms with Gasteiger partial charge in [0.05, 0.1) is 17.6 Å². The van der Waals surface area contributed by atoms with Gasteiger partial charge in [-0.05, 0) is 12.8 Å². The second-order valence-electron chi connectivity index (χ2n) is 4.78. The molecule has 0 radical (unpaired) electrons. The fraction of sp³-hybridized carbons (Fsp3) is 1.00. The van der Waals surface area contributed by atoms with Gasteiger partial charge in [0, 0.05) is 32.3 Å². The van der Waals surface area contributed by atoms with Crippen molar-refractivity contribution >= 4 is 9.84 Å². The van der Waals surface area contributed by atoms with Crippen LogP contribution in [-0.2, 0) is 14.6 Å². The lowest BCUT2D eigenvalue weighted by Gasteiger charge is -2.36. The molecule has 2 aliphatic heterocycles. The minimum absolute atomic E-state index is 0.0165. The zero-order valence-electron chi connectivity index (χ0n) is 9.63. The van der Waals surface area contributed by atoms with Crippen LogP contribution in [-0.4, -0.2) is 63.2 Å². The van der Waals surface area contributed by atoms with E-state index in [4.69, 9.17) is 10.5 Å². The quantitative estimate of drug-likeness (QED) is 0.694. The van der Waals surface area contributed by atoms with Crippen molar-refractivity contribution < 1.29 is 13.2 Å². The van der Waals surface area contributed by atoms with Crippen LogP contribution < -0.4 is 5.73 Å². The van der Waals surface area contributed by atoms with Crippen molar-refractivity contribution in [3.05, 3.63) is 0 Å². The molecule has 0 aliphatic carbocycles. The van der Waals surface area contributed by atoms with Crippen LogP contribution in [0.1, 0.15) is 12.8 Å². The number of hydrogen-bond acceptors (Lipinski definition) is 5. The van der Waals surface area contributed by atoms with Gasteiger partial charge in [-0.15, -0.1) is 0 Å². The average Bonchev–Trinajstić information content (AvgIpc) is 2.52. The molecule has 16 heavy (non-hydrogen) atoms. The topological polar surface area (TPSA) is 72.6 Å². The summed E-state index contributed by atoms with van der Waals surface area (Å²) in [6, 6.07) is -0.202. The van der Waals surface area contributed by atoms with E-state index in [1.807, 2.05) is 0 Å². The van der Waals surface area contributed by atoms with Crippen LogP contribution in [0.2, 0.25) is 0 Å². The molecular weight excluding hydrogens is 228 g/mol. The standard InChI is InChI=1S/C10H20N2O3S/c1-15-8-2-4-12(5-3-8)10-7-16(13,14)6-9(10)11/h8-10H,2-7,11H2,1H3. The van der Waals surface area contributed by atoms with Gasteiger partial charge in [0.1, 0.15) is 0 Å². The molecule has 6 heteroatoms. The van der Waals surface area contributed by atoms with Gasteiger partial charge in [0.15, 0.2) is 9.84 Å². The van der Waals surface area contributed by atoms with Crippen LogP contribution in [0.5, 0.6) is 0 Å². The average molecular weight is 248 g/mol. The summed E-state index contributed by atoms with van der Waals surface area (Å²) in [5.41, 5.74) is 5.90. The summed E-state index contributed by atoms with van der Waals surface area (Å²) in [6.45, 7) is 1.79. The molecule has 0 amide bonds. The Morgan fingerprint density at radius 2 is 1.88 bits per heavy atom. The van der Waals surface area contributed by atoms with Crippen molar-refractivity contribution in [2.45, 2.75) is 31.0 Å². The molecule has 2 atom stereocenters. The van der Waals surface area contributed by atoms with E-state index in [0.717, 1.165) is 25.9 Å². The molecule has 0 aromatic heterocycles. The molecule has 94 valence electrons. The van der Waals surface area contributed by atoms with E-state index in [0.29, 0.717) is 6.10 Å². The van der Waals surface area contributed by atoms with Crippen molar-refractivity contribution in [3.63, 3.8) is 0 Å². The fourth-order valence-corrected chi connectivity index (χ4v) is 4.60. The second kappa shape index (κ2) is 4.60. The van der Waals surface area contributed by atoms with Crippen molar-refractivity contribution in [1.29, 1.82) is 0 Å². The number of nitrogens with zero attached hydrogens (tertiary/aromatic N) is 1. The smallest absolute Gasteiger partial charge is 0.153 e. The zero-order valence-corrected chi connectivity index (χ0v) is 10.4. The minimum atomic E-state index is -2.91. The Hall–Kier alpha value is -0.170. The molecule has 5 nitrogen and oxygen atoms in total. The Bertz CT molecular complexity index is 336. The van der Waals surface area contributed by atoms with Crippen LogP contribution in [0.15, 0.2) is 0 Å². The third-order valence-electron chi connectivity index (χ3n) is 3.64. The third kappa shape index (κ3) is 2.56. The van der Waals surface area contributed by atoms with Crippen LogP contribution in [0.4, 0.5) is 0 Å². The van der Waals surface area contributed by atoms with Crippen LogP contribution >= 0.6 is 0 Å². The number of methoxy groups -OCH3 is 1. The Labute approximate surface area is 96.9 Å². The Morgan fingerprint density at radius 1 is 1.25 bits per heavy atom. The number of nitrogens with two attached hydrogens (primary N) is 1. The summed E-state index contributed by atoms with van der Waals surface area (Å²) in [4.78, 5) is 2.21. The Morgan fingerprint density at radius 3 is 2.31 bits per heavy atom. The van der Waals surface area contributed by atoms with Gasteiger partial charge < -0.3 is 10.5 Å². The monoisotopic (exact) mass is 248 g/mol. The summed E-state index contributed by atoms with van der Waals surface area (Å²) in [5.74, 6) is 0.369. The van der Waals surface area contributed by atoms with E-state index in [-0.39, 0.29) is 23.6 Å². The molecule has 2 aliphatic rings. The van der Waals surface area contributed by atoms with E-state index >= 15 is 0 Å². The number of likely N-dealkylation sites (tertiary alicyclic amines) is 1. The van der Waals surface area contributed by atoms with Crippen molar-refractivity contribution in [2.24, 2.45) is 5.73 Å². The van der Waals surface area contributed by atoms with E-state index in [2.05, 4.69) is 4.90 Å². The first kappa shape index (κ1) is 12.3. The number of ether oxygens (including phenoxy) is 1. The molecule has 2 N–H and O–H groups in total. The molecule has 2 unspecified atom stereocenters. The highest BCUT2D eigenvalue weighted by Gasteiger charge is 2.39. The zero-order chi connectivity index (χ0) is 11.8. The highest BCUT2D eigenvalue weighted by atomic mass is 32.2. The van der Waals surface area contributed by atoms with Crippen LogP contribution in [0.25, 0.3) is 0 Å². The summed E-state index contributed by atoms with van der Waals surface area (Å²) in [6.07, 6.45) is 2.27. The van der Waals surface area contributed by atoms with Gasteiger partial charge in [0.2, 0.25) is 0 Å². The fourth-order valence-electron chi connectivity index (χ4n) is 2.68. The van der Waals surface area contributed by atoms with Gasteiger partial charge >= 0.3 is 0 Å². The lowest BCUT2D eigenvalue weighted by Crippen LogP contribution is -2.50. The molecule has 0 spiro atoms. The molecule has 0 bridgehead atoms. The minimum Gasteiger partial charge on any atom is -0.381 e. The van der Waals surface area contributed by atoms with Gasteiger partial charge in [-0.1, -0.05) is 0 Å². The maximum atomic E-state index is 11.5. The Balaban J connectivity index is 1.95. The molecule has 0 saturated carbocycles. The summed E-state index contributed by atoms with van der Waals surface area (Å²) in [7, 11) is -1.18. The molecule has 0 aromatic rings. The molecule has 2 rings (SSSR count). The molecule has 2 saturated heterocycles. The van der Waals surface area contributed by atoms with Crippen LogP contribution in [0, 0.1) is 0 Å². The first-order valence-corrected chi connectivity index (χ1v) is 7.57. The highest BCUT2D eigenvalue weighted by molar-refractivity contribution is 7.91. The lowest BCUT2D eigenvalue weighted by molar-refractivity contribution is 0.0286. The van der Waals surface area contributed by atoms with E-state index in [9.17, 15) is 8.42 Å². The highest BCUT2D eigenvalue weighted by Crippen LogP contribution is 2.22. The van der Waals surface area contributed by atoms with Crippen molar-refractivity contribution in [2.75, 3.05) is 31.7 Å². The number of piperidine rings is 1. The van der Waals surface area contributed by atoms with E-state index < -0.39 is 9.84 Å². The van der Waals surface area contributed by atoms with E-state index in [1.54, 1.807) is 7.11 Å². The lowest BCUT2D eigenvalue weighted by atomic mass is 10.0. The van der Waals surface area contributed by atoms with Crippen molar-refractivity contribution in [3.8, 4) is 0 Å². The maximum Gasteiger partial charge on any atom is 0.153 e. The predicted octanol–water partition coefficient (Wildman–Crippen LogP) is -0.778. The third-order valence-corrected chi connectivity index (χ3v) is 5.39. The molecule has 0 aromatic carbocycles. The SMILES string of the molecule is COC1CCN(C2CS(=O)(=O)CC2N)CC1.